The Kier molecular flexibility index (Phi) is 2.71. The summed E-state index contributed by atoms with van der Waals surface area (Å²) in [5.74, 6) is 1.29. The van der Waals surface area contributed by atoms with E-state index in [0.29, 0.717) is 10.8 Å². The molecular weight excluding hydrogens is 262 g/mol. The first-order valence-electron chi connectivity index (χ1n) is 6.05. The number of nitrogen functional groups attached to an aromatic ring is 1. The lowest BCUT2D eigenvalue weighted by molar-refractivity contribution is 0.624. The zero-order chi connectivity index (χ0) is 13.6. The molecule has 0 fully saturated rings. The molecule has 1 aromatic carbocycles. The summed E-state index contributed by atoms with van der Waals surface area (Å²) in [7, 11) is 0. The summed E-state index contributed by atoms with van der Waals surface area (Å²) >= 11 is 6.31. The van der Waals surface area contributed by atoms with Crippen molar-refractivity contribution < 1.29 is 0 Å². The van der Waals surface area contributed by atoms with E-state index in [1.165, 1.54) is 0 Å². The van der Waals surface area contributed by atoms with E-state index in [4.69, 9.17) is 17.3 Å². The molecule has 5 nitrogen and oxygen atoms in total. The Morgan fingerprint density at radius 3 is 2.79 bits per heavy atom. The molecule has 0 aliphatic rings. The van der Waals surface area contributed by atoms with Crippen LogP contribution in [0.2, 0.25) is 5.02 Å². The van der Waals surface area contributed by atoms with Gasteiger partial charge in [0.25, 0.3) is 0 Å². The van der Waals surface area contributed by atoms with Gasteiger partial charge in [-0.2, -0.15) is 5.10 Å². The van der Waals surface area contributed by atoms with Crippen LogP contribution >= 0.6 is 11.6 Å². The van der Waals surface area contributed by atoms with Crippen LogP contribution in [-0.4, -0.2) is 19.7 Å². The highest BCUT2D eigenvalue weighted by Gasteiger charge is 2.19. The number of hydrogen-bond acceptors (Lipinski definition) is 3. The first-order valence-corrected chi connectivity index (χ1v) is 6.43. The highest BCUT2D eigenvalue weighted by Crippen LogP contribution is 2.33. The van der Waals surface area contributed by atoms with Gasteiger partial charge >= 0.3 is 0 Å². The number of hydrogen-bond donors (Lipinski definition) is 2. The monoisotopic (exact) mass is 275 g/mol. The molecule has 0 amide bonds. The number of rotatable bonds is 2. The molecule has 0 unspecified atom stereocenters. The van der Waals surface area contributed by atoms with E-state index >= 15 is 0 Å². The highest BCUT2D eigenvalue weighted by molar-refractivity contribution is 6.35. The first-order chi connectivity index (χ1) is 9.09. The van der Waals surface area contributed by atoms with Gasteiger partial charge in [-0.15, -0.1) is 0 Å². The number of halogens is 1. The standard InChI is InChI=1S/C13H14ClN5/c1-7(2)19-11-9(14)4-3-5-10(11)17-13(19)8-6-16-18-12(8)15/h3-7H,1-2H3,(H3,15,16,18). The number of imidazole rings is 1. The average molecular weight is 276 g/mol. The Morgan fingerprint density at radius 1 is 1.37 bits per heavy atom. The Balaban J connectivity index is 2.40. The molecule has 2 heterocycles. The molecule has 0 radical (unpaired) electrons. The normalized spacial score (nSPS) is 11.6. The number of aromatic nitrogens is 4. The van der Waals surface area contributed by atoms with Crippen molar-refractivity contribution in [2.75, 3.05) is 5.73 Å². The van der Waals surface area contributed by atoms with Crippen LogP contribution in [0.5, 0.6) is 0 Å². The maximum atomic E-state index is 6.31. The summed E-state index contributed by atoms with van der Waals surface area (Å²) in [4.78, 5) is 4.64. The fourth-order valence-corrected chi connectivity index (χ4v) is 2.53. The van der Waals surface area contributed by atoms with Crippen LogP contribution in [0, 0.1) is 0 Å². The van der Waals surface area contributed by atoms with E-state index in [1.807, 2.05) is 18.2 Å². The van der Waals surface area contributed by atoms with Crippen molar-refractivity contribution in [3.63, 3.8) is 0 Å². The molecule has 0 atom stereocenters. The topological polar surface area (TPSA) is 72.5 Å². The minimum atomic E-state index is 0.217. The average Bonchev–Trinajstić information content (AvgIpc) is 2.92. The molecule has 0 spiro atoms. The van der Waals surface area contributed by atoms with Crippen LogP contribution in [-0.2, 0) is 0 Å². The number of nitrogens with zero attached hydrogens (tertiary/aromatic N) is 3. The van der Waals surface area contributed by atoms with Crippen LogP contribution < -0.4 is 5.73 Å². The van der Waals surface area contributed by atoms with Crippen molar-refractivity contribution in [3.05, 3.63) is 29.4 Å². The van der Waals surface area contributed by atoms with Crippen molar-refractivity contribution in [2.24, 2.45) is 0 Å². The van der Waals surface area contributed by atoms with Gasteiger partial charge in [0.15, 0.2) is 0 Å². The summed E-state index contributed by atoms with van der Waals surface area (Å²) in [6, 6.07) is 5.92. The second-order valence-electron chi connectivity index (χ2n) is 4.70. The lowest BCUT2D eigenvalue weighted by Gasteiger charge is -2.13. The molecule has 3 N–H and O–H groups in total. The number of anilines is 1. The minimum Gasteiger partial charge on any atom is -0.383 e. The van der Waals surface area contributed by atoms with Gasteiger partial charge in [0, 0.05) is 6.04 Å². The molecule has 0 aliphatic carbocycles. The van der Waals surface area contributed by atoms with Gasteiger partial charge in [0.1, 0.15) is 11.6 Å². The summed E-state index contributed by atoms with van der Waals surface area (Å²) in [6.07, 6.45) is 1.68. The Labute approximate surface area is 115 Å². The Morgan fingerprint density at radius 2 is 2.16 bits per heavy atom. The van der Waals surface area contributed by atoms with Crippen molar-refractivity contribution >= 4 is 28.5 Å². The van der Waals surface area contributed by atoms with Crippen LogP contribution in [0.25, 0.3) is 22.4 Å². The second kappa shape index (κ2) is 4.28. The predicted octanol–water partition coefficient (Wildman–Crippen LogP) is 3.24. The van der Waals surface area contributed by atoms with Gasteiger partial charge in [-0.3, -0.25) is 5.10 Å². The molecule has 19 heavy (non-hydrogen) atoms. The first kappa shape index (κ1) is 12.0. The third-order valence-electron chi connectivity index (χ3n) is 3.09. The third-order valence-corrected chi connectivity index (χ3v) is 3.39. The number of fused-ring (bicyclic) bond motifs is 1. The number of nitrogens with one attached hydrogen (secondary N) is 1. The maximum absolute atomic E-state index is 6.31. The lowest BCUT2D eigenvalue weighted by atomic mass is 10.2. The number of aromatic amines is 1. The molecule has 98 valence electrons. The Hall–Kier alpha value is -2.01. The molecular formula is C13H14ClN5. The van der Waals surface area contributed by atoms with Crippen molar-refractivity contribution in [1.29, 1.82) is 0 Å². The van der Waals surface area contributed by atoms with E-state index in [1.54, 1.807) is 6.20 Å². The van der Waals surface area contributed by atoms with Gasteiger partial charge < -0.3 is 10.3 Å². The van der Waals surface area contributed by atoms with E-state index in [0.717, 1.165) is 22.4 Å². The second-order valence-corrected chi connectivity index (χ2v) is 5.11. The molecule has 0 aliphatic heterocycles. The molecule has 2 aromatic heterocycles. The smallest absolute Gasteiger partial charge is 0.146 e. The zero-order valence-corrected chi connectivity index (χ0v) is 11.4. The quantitative estimate of drug-likeness (QED) is 0.754. The predicted molar refractivity (Wildman–Crippen MR) is 77.1 cm³/mol. The molecule has 0 saturated heterocycles. The maximum Gasteiger partial charge on any atom is 0.146 e. The van der Waals surface area contributed by atoms with Crippen LogP contribution in [0.4, 0.5) is 5.82 Å². The van der Waals surface area contributed by atoms with Crippen molar-refractivity contribution in [2.45, 2.75) is 19.9 Å². The number of para-hydroxylation sites is 1. The summed E-state index contributed by atoms with van der Waals surface area (Å²) < 4.78 is 2.08. The molecule has 0 bridgehead atoms. The summed E-state index contributed by atoms with van der Waals surface area (Å²) in [6.45, 7) is 4.18. The minimum absolute atomic E-state index is 0.217. The molecule has 0 saturated carbocycles. The fraction of sp³-hybridized carbons (Fsp3) is 0.231. The van der Waals surface area contributed by atoms with Gasteiger partial charge in [-0.1, -0.05) is 17.7 Å². The van der Waals surface area contributed by atoms with Gasteiger partial charge in [0.05, 0.1) is 27.8 Å². The molecule has 3 rings (SSSR count). The molecule has 3 aromatic rings. The van der Waals surface area contributed by atoms with E-state index in [9.17, 15) is 0 Å². The number of benzene rings is 1. The SMILES string of the molecule is CC(C)n1c(-c2cn[nH]c2N)nc2cccc(Cl)c21. The zero-order valence-electron chi connectivity index (χ0n) is 10.7. The summed E-state index contributed by atoms with van der Waals surface area (Å²) in [5.41, 5.74) is 8.47. The summed E-state index contributed by atoms with van der Waals surface area (Å²) in [5, 5.41) is 7.38. The largest absolute Gasteiger partial charge is 0.383 e. The van der Waals surface area contributed by atoms with Crippen LogP contribution in [0.1, 0.15) is 19.9 Å². The van der Waals surface area contributed by atoms with E-state index in [2.05, 4.69) is 33.6 Å². The number of nitrogens with two attached hydrogens (primary N) is 1. The third kappa shape index (κ3) is 1.77. The van der Waals surface area contributed by atoms with Crippen LogP contribution in [0.15, 0.2) is 24.4 Å². The van der Waals surface area contributed by atoms with Crippen molar-refractivity contribution in [3.8, 4) is 11.4 Å². The fourth-order valence-electron chi connectivity index (χ4n) is 2.27. The van der Waals surface area contributed by atoms with Gasteiger partial charge in [-0.25, -0.2) is 4.98 Å². The van der Waals surface area contributed by atoms with E-state index in [-0.39, 0.29) is 6.04 Å². The van der Waals surface area contributed by atoms with Gasteiger partial charge in [0.2, 0.25) is 0 Å². The number of H-pyrrole nitrogens is 1. The van der Waals surface area contributed by atoms with Crippen molar-refractivity contribution in [1.82, 2.24) is 19.7 Å². The lowest BCUT2D eigenvalue weighted by Crippen LogP contribution is -2.04. The van der Waals surface area contributed by atoms with E-state index < -0.39 is 0 Å². The van der Waals surface area contributed by atoms with Gasteiger partial charge in [-0.05, 0) is 26.0 Å². The Bertz CT molecular complexity index is 741. The van der Waals surface area contributed by atoms with Crippen LogP contribution in [0.3, 0.4) is 0 Å². The highest BCUT2D eigenvalue weighted by atomic mass is 35.5. The molecule has 6 heteroatoms.